The number of carbonyl (C=O) groups is 1. The summed E-state index contributed by atoms with van der Waals surface area (Å²) in [4.78, 5) is 21.7. The Morgan fingerprint density at radius 2 is 2.00 bits per heavy atom. The minimum atomic E-state index is -0.979. The molecule has 9 nitrogen and oxygen atoms in total. The molecule has 1 aromatic carbocycles. The SMILES string of the molecule is O=C(O)Cn1cc(-c2cnc(N3CCC(Oc4cc(Br)ccc4Cl)CC3)nc2)nn1. The Labute approximate surface area is 185 Å². The van der Waals surface area contributed by atoms with Crippen molar-refractivity contribution in [3.8, 4) is 17.0 Å². The van der Waals surface area contributed by atoms with Crippen LogP contribution < -0.4 is 9.64 Å². The number of halogens is 2. The number of rotatable bonds is 6. The van der Waals surface area contributed by atoms with Gasteiger partial charge in [-0.05, 0) is 18.2 Å². The van der Waals surface area contributed by atoms with Gasteiger partial charge in [0.25, 0.3) is 0 Å². The Morgan fingerprint density at radius 3 is 2.70 bits per heavy atom. The van der Waals surface area contributed by atoms with Crippen LogP contribution in [0.4, 0.5) is 5.95 Å². The largest absolute Gasteiger partial charge is 0.489 e. The second-order valence-electron chi connectivity index (χ2n) is 6.85. The van der Waals surface area contributed by atoms with Gasteiger partial charge in [-0.1, -0.05) is 32.7 Å². The van der Waals surface area contributed by atoms with Crippen LogP contribution in [0.25, 0.3) is 11.3 Å². The first-order valence-corrected chi connectivity index (χ1v) is 10.5. The van der Waals surface area contributed by atoms with Crippen LogP contribution >= 0.6 is 27.5 Å². The van der Waals surface area contributed by atoms with Crippen molar-refractivity contribution in [2.75, 3.05) is 18.0 Å². The van der Waals surface area contributed by atoms with E-state index in [-0.39, 0.29) is 12.6 Å². The van der Waals surface area contributed by atoms with Gasteiger partial charge in [0.15, 0.2) is 0 Å². The average molecular weight is 494 g/mol. The highest BCUT2D eigenvalue weighted by Crippen LogP contribution is 2.30. The number of piperidine rings is 1. The molecule has 1 fully saturated rings. The van der Waals surface area contributed by atoms with Crippen molar-refractivity contribution in [2.24, 2.45) is 0 Å². The molecule has 1 saturated heterocycles. The van der Waals surface area contributed by atoms with Crippen LogP contribution in [0.1, 0.15) is 12.8 Å². The molecule has 4 rings (SSSR count). The second-order valence-corrected chi connectivity index (χ2v) is 8.17. The summed E-state index contributed by atoms with van der Waals surface area (Å²) in [5, 5.41) is 17.2. The number of benzene rings is 1. The molecular formula is C19H18BrClN6O3. The lowest BCUT2D eigenvalue weighted by atomic mass is 10.1. The third kappa shape index (κ3) is 4.88. The Balaban J connectivity index is 1.35. The zero-order valence-electron chi connectivity index (χ0n) is 15.8. The van der Waals surface area contributed by atoms with Gasteiger partial charge in [0.2, 0.25) is 5.95 Å². The van der Waals surface area contributed by atoms with E-state index in [1.165, 1.54) is 4.68 Å². The molecule has 2 aromatic heterocycles. The summed E-state index contributed by atoms with van der Waals surface area (Å²) in [5.74, 6) is 0.337. The molecule has 3 aromatic rings. The molecule has 0 unspecified atom stereocenters. The zero-order chi connectivity index (χ0) is 21.1. The van der Waals surface area contributed by atoms with E-state index >= 15 is 0 Å². The first-order chi connectivity index (χ1) is 14.5. The Bertz CT molecular complexity index is 1040. The van der Waals surface area contributed by atoms with Gasteiger partial charge in [-0.15, -0.1) is 5.10 Å². The number of ether oxygens (including phenoxy) is 1. The Morgan fingerprint density at radius 1 is 1.27 bits per heavy atom. The summed E-state index contributed by atoms with van der Waals surface area (Å²) in [6.45, 7) is 1.29. The highest BCUT2D eigenvalue weighted by atomic mass is 79.9. The number of hydrogen-bond acceptors (Lipinski definition) is 7. The molecule has 3 heterocycles. The molecule has 156 valence electrons. The molecule has 0 saturated carbocycles. The van der Waals surface area contributed by atoms with E-state index in [4.69, 9.17) is 21.4 Å². The molecule has 0 spiro atoms. The lowest BCUT2D eigenvalue weighted by molar-refractivity contribution is -0.137. The molecule has 0 aliphatic carbocycles. The maximum atomic E-state index is 10.8. The van der Waals surface area contributed by atoms with Crippen molar-refractivity contribution in [1.29, 1.82) is 0 Å². The number of anilines is 1. The van der Waals surface area contributed by atoms with E-state index in [1.807, 2.05) is 18.2 Å². The van der Waals surface area contributed by atoms with E-state index in [0.29, 0.717) is 28.0 Å². The van der Waals surface area contributed by atoms with Crippen molar-refractivity contribution in [3.63, 3.8) is 0 Å². The van der Waals surface area contributed by atoms with E-state index in [9.17, 15) is 4.79 Å². The Kier molecular flexibility index (Phi) is 6.14. The van der Waals surface area contributed by atoms with Gasteiger partial charge in [0.1, 0.15) is 24.1 Å². The third-order valence-electron chi connectivity index (χ3n) is 4.68. The minimum Gasteiger partial charge on any atom is -0.489 e. The monoisotopic (exact) mass is 492 g/mol. The summed E-state index contributed by atoms with van der Waals surface area (Å²) >= 11 is 9.65. The van der Waals surface area contributed by atoms with Gasteiger partial charge in [-0.25, -0.2) is 14.6 Å². The van der Waals surface area contributed by atoms with Crippen LogP contribution in [0, 0.1) is 0 Å². The molecule has 1 N–H and O–H groups in total. The summed E-state index contributed by atoms with van der Waals surface area (Å²) < 4.78 is 8.25. The maximum absolute atomic E-state index is 10.8. The molecule has 0 amide bonds. The van der Waals surface area contributed by atoms with Crippen LogP contribution in [-0.4, -0.2) is 55.2 Å². The Hall–Kier alpha value is -2.72. The minimum absolute atomic E-state index is 0.0802. The first-order valence-electron chi connectivity index (χ1n) is 9.29. The van der Waals surface area contributed by atoms with Crippen molar-refractivity contribution in [2.45, 2.75) is 25.5 Å². The highest BCUT2D eigenvalue weighted by Gasteiger charge is 2.23. The predicted octanol–water partition coefficient (Wildman–Crippen LogP) is 3.28. The van der Waals surface area contributed by atoms with E-state index in [2.05, 4.69) is 41.1 Å². The highest BCUT2D eigenvalue weighted by molar-refractivity contribution is 9.10. The van der Waals surface area contributed by atoms with Crippen molar-refractivity contribution in [1.82, 2.24) is 25.0 Å². The number of hydrogen-bond donors (Lipinski definition) is 1. The third-order valence-corrected chi connectivity index (χ3v) is 5.49. The van der Waals surface area contributed by atoms with Gasteiger partial charge in [0, 0.05) is 48.4 Å². The van der Waals surface area contributed by atoms with Gasteiger partial charge in [-0.2, -0.15) is 0 Å². The van der Waals surface area contributed by atoms with E-state index in [1.54, 1.807) is 18.6 Å². The standard InChI is InChI=1S/C19H18BrClN6O3/c20-13-1-2-15(21)17(7-13)30-14-3-5-26(6-4-14)19-22-8-12(9-23-19)16-10-27(25-24-16)11-18(28)29/h1-2,7-10,14H,3-6,11H2,(H,28,29). The van der Waals surface area contributed by atoms with Crippen molar-refractivity contribution >= 4 is 39.4 Å². The quantitative estimate of drug-likeness (QED) is 0.558. The zero-order valence-corrected chi connectivity index (χ0v) is 18.1. The molecule has 0 bridgehead atoms. The smallest absolute Gasteiger partial charge is 0.325 e. The van der Waals surface area contributed by atoms with Gasteiger partial charge in [-0.3, -0.25) is 4.79 Å². The summed E-state index contributed by atoms with van der Waals surface area (Å²) in [6.07, 6.45) is 6.64. The molecule has 0 radical (unpaired) electrons. The second kappa shape index (κ2) is 8.97. The number of carboxylic acid groups (broad SMARTS) is 1. The lowest BCUT2D eigenvalue weighted by Crippen LogP contribution is -2.39. The summed E-state index contributed by atoms with van der Waals surface area (Å²) in [6, 6.07) is 5.57. The predicted molar refractivity (Wildman–Crippen MR) is 114 cm³/mol. The van der Waals surface area contributed by atoms with Crippen molar-refractivity contribution < 1.29 is 14.6 Å². The molecule has 11 heteroatoms. The van der Waals surface area contributed by atoms with Crippen LogP contribution in [0.15, 0.2) is 41.3 Å². The number of nitrogens with zero attached hydrogens (tertiary/aromatic N) is 6. The topological polar surface area (TPSA) is 106 Å². The molecule has 1 aliphatic heterocycles. The lowest BCUT2D eigenvalue weighted by Gasteiger charge is -2.32. The normalized spacial score (nSPS) is 14.7. The van der Waals surface area contributed by atoms with E-state index < -0.39 is 5.97 Å². The molecule has 30 heavy (non-hydrogen) atoms. The molecule has 1 aliphatic rings. The van der Waals surface area contributed by atoms with Crippen molar-refractivity contribution in [3.05, 3.63) is 46.3 Å². The first kappa shape index (κ1) is 20.5. The van der Waals surface area contributed by atoms with Gasteiger partial charge in [0.05, 0.1) is 11.2 Å². The van der Waals surface area contributed by atoms with Crippen LogP contribution in [-0.2, 0) is 11.3 Å². The summed E-state index contributed by atoms with van der Waals surface area (Å²) in [7, 11) is 0. The maximum Gasteiger partial charge on any atom is 0.325 e. The van der Waals surface area contributed by atoms with Gasteiger partial charge < -0.3 is 14.7 Å². The summed E-state index contributed by atoms with van der Waals surface area (Å²) in [5.41, 5.74) is 1.21. The number of carboxylic acids is 1. The van der Waals surface area contributed by atoms with Crippen LogP contribution in [0.3, 0.4) is 0 Å². The fourth-order valence-electron chi connectivity index (χ4n) is 3.18. The van der Waals surface area contributed by atoms with E-state index in [0.717, 1.165) is 30.4 Å². The van der Waals surface area contributed by atoms with Crippen LogP contribution in [0.2, 0.25) is 5.02 Å². The van der Waals surface area contributed by atoms with Crippen LogP contribution in [0.5, 0.6) is 5.75 Å². The fraction of sp³-hybridized carbons (Fsp3) is 0.316. The molecular weight excluding hydrogens is 476 g/mol. The fourth-order valence-corrected chi connectivity index (χ4v) is 3.69. The molecule has 0 atom stereocenters. The number of aromatic nitrogens is 5. The van der Waals surface area contributed by atoms with Gasteiger partial charge >= 0.3 is 5.97 Å². The number of aliphatic carboxylic acids is 1. The average Bonchev–Trinajstić information content (AvgIpc) is 3.19.